The van der Waals surface area contributed by atoms with Crippen molar-refractivity contribution in [2.45, 2.75) is 179 Å². The average molecular weight is 675 g/mol. The van der Waals surface area contributed by atoms with Gasteiger partial charge in [0, 0.05) is 6.42 Å². The van der Waals surface area contributed by atoms with Crippen LogP contribution in [0.25, 0.3) is 0 Å². The summed E-state index contributed by atoms with van der Waals surface area (Å²) in [5.41, 5.74) is 0.450. The van der Waals surface area contributed by atoms with E-state index in [2.05, 4.69) is 13.8 Å². The quantitative estimate of drug-likeness (QED) is 0.0515. The predicted octanol–water partition coefficient (Wildman–Crippen LogP) is 11.7. The van der Waals surface area contributed by atoms with Crippen molar-refractivity contribution in [1.29, 1.82) is 0 Å². The second kappa shape index (κ2) is 26.4. The maximum Gasteiger partial charge on any atom is 0.372 e. The largest absolute Gasteiger partial charge is 0.372 e. The molecule has 0 spiro atoms. The Morgan fingerprint density at radius 3 is 1.11 bits per heavy atom. The van der Waals surface area contributed by atoms with Crippen molar-refractivity contribution >= 4 is 15.2 Å². The molecule has 7 nitrogen and oxygen atoms in total. The van der Waals surface area contributed by atoms with E-state index in [1.807, 2.05) is 0 Å². The Kier molecular flexibility index (Phi) is 25.0. The molecule has 0 aliphatic carbocycles. The fourth-order valence-corrected chi connectivity index (χ4v) is 9.25. The third kappa shape index (κ3) is 19.2. The molecule has 2 atom stereocenters. The number of unbranched alkanes of at least 4 members (excludes halogenated alkanes) is 22. The summed E-state index contributed by atoms with van der Waals surface area (Å²) < 4.78 is 37.4. The first kappa shape index (κ1) is 42.5. The first-order chi connectivity index (χ1) is 21.7. The van der Waals surface area contributed by atoms with Gasteiger partial charge in [0.25, 0.3) is 5.08 Å². The molecule has 0 saturated carbocycles. The lowest BCUT2D eigenvalue weighted by atomic mass is 10.1. The van der Waals surface area contributed by atoms with Gasteiger partial charge in [0.05, 0.1) is 13.2 Å². The highest BCUT2D eigenvalue weighted by molar-refractivity contribution is 7.72. The number of hydrogen-bond acceptors (Lipinski definition) is 5. The van der Waals surface area contributed by atoms with Crippen molar-refractivity contribution in [3.8, 4) is 0 Å². The maximum atomic E-state index is 13.4. The van der Waals surface area contributed by atoms with E-state index in [1.165, 1.54) is 103 Å². The zero-order chi connectivity index (χ0) is 33.1. The van der Waals surface area contributed by atoms with Gasteiger partial charge in [-0.25, -0.2) is 0 Å². The highest BCUT2D eigenvalue weighted by Gasteiger charge is 2.62. The molecule has 9 heteroatoms. The summed E-state index contributed by atoms with van der Waals surface area (Å²) >= 11 is 0. The van der Waals surface area contributed by atoms with Gasteiger partial charge < -0.3 is 23.9 Å². The second-order valence-electron chi connectivity index (χ2n) is 12.9. The van der Waals surface area contributed by atoms with E-state index in [0.29, 0.717) is 18.4 Å². The lowest BCUT2D eigenvalue weighted by Crippen LogP contribution is -2.33. The molecule has 0 aliphatic heterocycles. The van der Waals surface area contributed by atoms with Gasteiger partial charge in [-0.3, -0.25) is 9.13 Å². The smallest absolute Gasteiger partial charge is 0.367 e. The Balaban J connectivity index is 2.45. The van der Waals surface area contributed by atoms with Crippen LogP contribution in [0.1, 0.15) is 174 Å². The summed E-state index contributed by atoms with van der Waals surface area (Å²) in [6.07, 6.45) is 27.0. The molecular formula is C36H68O7P2. The van der Waals surface area contributed by atoms with Crippen LogP contribution in [-0.4, -0.2) is 33.2 Å². The molecule has 1 rings (SSSR count). The lowest BCUT2D eigenvalue weighted by Gasteiger charge is -2.34. The minimum Gasteiger partial charge on any atom is -0.367 e. The standard InChI is InChI=1S/C36H68O7P2/c1-3-5-7-9-11-13-15-17-19-21-23-28-32-42-44(38,39)36(37,34-35-30-26-25-27-31-35)45(40,41)43-33-29-24-22-20-18-16-14-12-10-8-6-4-2/h25-27,30-31,37H,3-24,28-29,32-34H2,1-2H3,(H,38,39)(H,40,41). The molecule has 45 heavy (non-hydrogen) atoms. The van der Waals surface area contributed by atoms with Crippen LogP contribution in [0.15, 0.2) is 30.3 Å². The summed E-state index contributed by atoms with van der Waals surface area (Å²) in [5, 5.41) is 8.48. The number of benzene rings is 1. The number of hydrogen-bond donors (Lipinski definition) is 3. The summed E-state index contributed by atoms with van der Waals surface area (Å²) in [7, 11) is -9.91. The van der Waals surface area contributed by atoms with Gasteiger partial charge in [-0.05, 0) is 18.4 Å². The molecule has 0 heterocycles. The molecule has 264 valence electrons. The Labute approximate surface area is 276 Å². The van der Waals surface area contributed by atoms with Crippen LogP contribution in [0.3, 0.4) is 0 Å². The Morgan fingerprint density at radius 2 is 0.800 bits per heavy atom. The molecule has 1 aromatic rings. The van der Waals surface area contributed by atoms with Gasteiger partial charge in [0.15, 0.2) is 0 Å². The van der Waals surface area contributed by atoms with Gasteiger partial charge in [0.1, 0.15) is 0 Å². The fraction of sp³-hybridized carbons (Fsp3) is 0.833. The van der Waals surface area contributed by atoms with Crippen molar-refractivity contribution in [3.63, 3.8) is 0 Å². The highest BCUT2D eigenvalue weighted by Crippen LogP contribution is 2.73. The molecule has 0 aliphatic rings. The Bertz CT molecular complexity index is 862. The average Bonchev–Trinajstić information content (AvgIpc) is 3.02. The van der Waals surface area contributed by atoms with Crippen LogP contribution in [0, 0.1) is 0 Å². The summed E-state index contributed by atoms with van der Waals surface area (Å²) in [6.45, 7) is 4.33. The first-order valence-corrected chi connectivity index (χ1v) is 21.6. The lowest BCUT2D eigenvalue weighted by molar-refractivity contribution is 0.101. The molecule has 0 amide bonds. The van der Waals surface area contributed by atoms with Crippen molar-refractivity contribution in [2.24, 2.45) is 0 Å². The van der Waals surface area contributed by atoms with Crippen molar-refractivity contribution in [1.82, 2.24) is 0 Å². The first-order valence-electron chi connectivity index (χ1n) is 18.4. The summed E-state index contributed by atoms with van der Waals surface area (Å²) in [5.74, 6) is 0. The molecule has 0 aromatic heterocycles. The molecule has 0 fully saturated rings. The third-order valence-corrected chi connectivity index (χ3v) is 13.4. The van der Waals surface area contributed by atoms with Gasteiger partial charge in [-0.1, -0.05) is 185 Å². The minimum absolute atomic E-state index is 0.0684. The van der Waals surface area contributed by atoms with E-state index in [-0.39, 0.29) is 13.2 Å². The van der Waals surface area contributed by atoms with E-state index >= 15 is 0 Å². The molecular weight excluding hydrogens is 606 g/mol. The highest BCUT2D eigenvalue weighted by atomic mass is 31.2. The monoisotopic (exact) mass is 674 g/mol. The fourth-order valence-electron chi connectivity index (χ4n) is 5.70. The summed E-state index contributed by atoms with van der Waals surface area (Å²) in [4.78, 5) is 21.8. The van der Waals surface area contributed by atoms with Gasteiger partial charge in [-0.2, -0.15) is 0 Å². The normalized spacial score (nSPS) is 15.8. The Morgan fingerprint density at radius 1 is 0.511 bits per heavy atom. The Hall–Kier alpha value is -0.520. The van der Waals surface area contributed by atoms with E-state index < -0.39 is 26.7 Å². The van der Waals surface area contributed by atoms with E-state index in [1.54, 1.807) is 30.3 Å². The predicted molar refractivity (Wildman–Crippen MR) is 189 cm³/mol. The molecule has 3 N–H and O–H groups in total. The second-order valence-corrected chi connectivity index (χ2v) is 17.4. The minimum atomic E-state index is -4.95. The van der Waals surface area contributed by atoms with Crippen LogP contribution in [-0.2, 0) is 24.6 Å². The zero-order valence-electron chi connectivity index (χ0n) is 28.8. The maximum absolute atomic E-state index is 13.4. The van der Waals surface area contributed by atoms with Crippen molar-refractivity contribution in [3.05, 3.63) is 35.9 Å². The van der Waals surface area contributed by atoms with E-state index in [4.69, 9.17) is 9.05 Å². The van der Waals surface area contributed by atoms with Crippen molar-refractivity contribution < 1.29 is 33.1 Å². The number of aliphatic hydroxyl groups is 1. The topological polar surface area (TPSA) is 113 Å². The van der Waals surface area contributed by atoms with Gasteiger partial charge >= 0.3 is 15.2 Å². The van der Waals surface area contributed by atoms with E-state index in [9.17, 15) is 24.0 Å². The molecule has 1 aromatic carbocycles. The molecule has 2 unspecified atom stereocenters. The van der Waals surface area contributed by atoms with Gasteiger partial charge in [-0.15, -0.1) is 0 Å². The van der Waals surface area contributed by atoms with Crippen LogP contribution in [0.2, 0.25) is 0 Å². The molecule has 0 radical (unpaired) electrons. The van der Waals surface area contributed by atoms with Gasteiger partial charge in [0.2, 0.25) is 0 Å². The van der Waals surface area contributed by atoms with Crippen LogP contribution in [0.5, 0.6) is 0 Å². The van der Waals surface area contributed by atoms with E-state index in [0.717, 1.165) is 38.5 Å². The van der Waals surface area contributed by atoms with Crippen LogP contribution < -0.4 is 0 Å². The molecule has 0 saturated heterocycles. The summed E-state index contributed by atoms with van der Waals surface area (Å²) in [6, 6.07) is 8.47. The zero-order valence-corrected chi connectivity index (χ0v) is 30.6. The SMILES string of the molecule is CCCCCCCCCCCCCCOP(=O)(O)C(O)(Cc1ccccc1)P(=O)(O)OCCCCCCCCCCCCCC. The van der Waals surface area contributed by atoms with Crippen LogP contribution in [0.4, 0.5) is 0 Å². The third-order valence-electron chi connectivity index (χ3n) is 8.72. The molecule has 0 bridgehead atoms. The van der Waals surface area contributed by atoms with Crippen molar-refractivity contribution in [2.75, 3.05) is 13.2 Å². The van der Waals surface area contributed by atoms with Crippen LogP contribution >= 0.6 is 15.2 Å². The number of rotatable bonds is 32.